The lowest BCUT2D eigenvalue weighted by Crippen LogP contribution is -2.33. The largest absolute Gasteiger partial charge is 0.367 e. The van der Waals surface area contributed by atoms with Gasteiger partial charge in [-0.1, -0.05) is 22.8 Å². The average molecular weight is 266 g/mol. The van der Waals surface area contributed by atoms with Gasteiger partial charge in [0.15, 0.2) is 0 Å². The number of benzene rings is 1. The van der Waals surface area contributed by atoms with Crippen LogP contribution in [-0.2, 0) is 4.74 Å². The molecule has 18 heavy (non-hydrogen) atoms. The van der Waals surface area contributed by atoms with Crippen molar-refractivity contribution in [1.82, 2.24) is 15.5 Å². The topological polar surface area (TPSA) is 60.2 Å². The van der Waals surface area contributed by atoms with Crippen LogP contribution in [0.3, 0.4) is 0 Å². The van der Waals surface area contributed by atoms with Gasteiger partial charge in [-0.25, -0.2) is 0 Å². The molecular formula is C12H12ClN3O2. The van der Waals surface area contributed by atoms with Crippen LogP contribution in [0.25, 0.3) is 11.5 Å². The summed E-state index contributed by atoms with van der Waals surface area (Å²) < 4.78 is 10.8. The molecular weight excluding hydrogens is 254 g/mol. The van der Waals surface area contributed by atoms with Crippen LogP contribution < -0.4 is 5.32 Å². The van der Waals surface area contributed by atoms with E-state index in [-0.39, 0.29) is 6.10 Å². The van der Waals surface area contributed by atoms with Crippen LogP contribution >= 0.6 is 11.6 Å². The fourth-order valence-electron chi connectivity index (χ4n) is 1.84. The first-order valence-electron chi connectivity index (χ1n) is 5.75. The Bertz CT molecular complexity index is 538. The molecule has 2 aromatic rings. The van der Waals surface area contributed by atoms with E-state index in [9.17, 15) is 0 Å². The highest BCUT2D eigenvalue weighted by atomic mass is 35.5. The van der Waals surface area contributed by atoms with Crippen LogP contribution in [-0.4, -0.2) is 29.8 Å². The third-order valence-corrected chi connectivity index (χ3v) is 2.96. The Kier molecular flexibility index (Phi) is 3.27. The van der Waals surface area contributed by atoms with Gasteiger partial charge in [-0.15, -0.1) is 0 Å². The number of rotatable bonds is 2. The van der Waals surface area contributed by atoms with Crippen molar-refractivity contribution in [3.05, 3.63) is 35.1 Å². The minimum Gasteiger partial charge on any atom is -0.367 e. The fourth-order valence-corrected chi connectivity index (χ4v) is 2.03. The first-order chi connectivity index (χ1) is 8.83. The highest BCUT2D eigenvalue weighted by molar-refractivity contribution is 6.30. The molecule has 1 aromatic carbocycles. The molecule has 1 atom stereocenters. The average Bonchev–Trinajstić information content (AvgIpc) is 2.89. The van der Waals surface area contributed by atoms with E-state index >= 15 is 0 Å². The Hall–Kier alpha value is -1.43. The van der Waals surface area contributed by atoms with E-state index in [1.807, 2.05) is 12.1 Å². The highest BCUT2D eigenvalue weighted by Gasteiger charge is 2.21. The van der Waals surface area contributed by atoms with Gasteiger partial charge in [0, 0.05) is 23.7 Å². The summed E-state index contributed by atoms with van der Waals surface area (Å²) in [5, 5.41) is 7.82. The minimum atomic E-state index is -0.143. The first-order valence-corrected chi connectivity index (χ1v) is 6.12. The summed E-state index contributed by atoms with van der Waals surface area (Å²) in [5.41, 5.74) is 0.810. The summed E-state index contributed by atoms with van der Waals surface area (Å²) in [6.07, 6.45) is -0.143. The predicted molar refractivity (Wildman–Crippen MR) is 66.3 cm³/mol. The third kappa shape index (κ3) is 2.38. The van der Waals surface area contributed by atoms with Crippen LogP contribution in [0.15, 0.2) is 28.8 Å². The maximum Gasteiger partial charge on any atom is 0.258 e. The summed E-state index contributed by atoms with van der Waals surface area (Å²) in [4.78, 5) is 4.34. The summed E-state index contributed by atoms with van der Waals surface area (Å²) in [5.74, 6) is 1.03. The van der Waals surface area contributed by atoms with Crippen molar-refractivity contribution in [2.45, 2.75) is 6.10 Å². The normalized spacial score (nSPS) is 19.9. The van der Waals surface area contributed by atoms with Crippen LogP contribution in [0.2, 0.25) is 5.02 Å². The number of nitrogens with one attached hydrogen (secondary N) is 1. The van der Waals surface area contributed by atoms with Crippen molar-refractivity contribution in [2.75, 3.05) is 19.7 Å². The van der Waals surface area contributed by atoms with Gasteiger partial charge in [-0.3, -0.25) is 0 Å². The Morgan fingerprint density at radius 3 is 3.11 bits per heavy atom. The number of hydrogen-bond donors (Lipinski definition) is 1. The molecule has 1 unspecified atom stereocenters. The van der Waals surface area contributed by atoms with E-state index in [1.54, 1.807) is 12.1 Å². The van der Waals surface area contributed by atoms with Gasteiger partial charge in [0.1, 0.15) is 6.10 Å². The molecule has 1 N–H and O–H groups in total. The lowest BCUT2D eigenvalue weighted by Gasteiger charge is -2.20. The first kappa shape index (κ1) is 11.6. The number of hydrogen-bond acceptors (Lipinski definition) is 5. The quantitative estimate of drug-likeness (QED) is 0.901. The Morgan fingerprint density at radius 2 is 2.33 bits per heavy atom. The van der Waals surface area contributed by atoms with Gasteiger partial charge in [0.2, 0.25) is 5.82 Å². The number of aromatic nitrogens is 2. The zero-order chi connectivity index (χ0) is 12.4. The molecule has 0 spiro atoms. The van der Waals surface area contributed by atoms with E-state index in [4.69, 9.17) is 20.9 Å². The summed E-state index contributed by atoms with van der Waals surface area (Å²) in [6.45, 7) is 2.22. The van der Waals surface area contributed by atoms with Crippen molar-refractivity contribution < 1.29 is 9.26 Å². The van der Waals surface area contributed by atoms with Gasteiger partial charge < -0.3 is 14.6 Å². The third-order valence-electron chi connectivity index (χ3n) is 2.73. The minimum absolute atomic E-state index is 0.143. The number of nitrogens with zero attached hydrogens (tertiary/aromatic N) is 2. The van der Waals surface area contributed by atoms with E-state index in [0.717, 1.165) is 12.1 Å². The van der Waals surface area contributed by atoms with Crippen molar-refractivity contribution in [3.63, 3.8) is 0 Å². The molecule has 2 heterocycles. The molecule has 1 saturated heterocycles. The summed E-state index contributed by atoms with van der Waals surface area (Å²) in [7, 11) is 0. The number of ether oxygens (including phenoxy) is 1. The predicted octanol–water partition coefficient (Wildman–Crippen LogP) is 2.05. The lowest BCUT2D eigenvalue weighted by molar-refractivity contribution is 0.0208. The second-order valence-electron chi connectivity index (χ2n) is 4.03. The van der Waals surface area contributed by atoms with Crippen LogP contribution in [0.1, 0.15) is 11.9 Å². The zero-order valence-electron chi connectivity index (χ0n) is 9.60. The Morgan fingerprint density at radius 1 is 1.39 bits per heavy atom. The number of morpholine rings is 1. The van der Waals surface area contributed by atoms with Gasteiger partial charge in [0.25, 0.3) is 5.89 Å². The van der Waals surface area contributed by atoms with E-state index in [0.29, 0.717) is 29.9 Å². The molecule has 0 bridgehead atoms. The Labute approximate surface area is 109 Å². The maximum atomic E-state index is 5.93. The lowest BCUT2D eigenvalue weighted by atomic mass is 10.2. The molecule has 1 aliphatic rings. The van der Waals surface area contributed by atoms with Crippen LogP contribution in [0.4, 0.5) is 0 Å². The van der Waals surface area contributed by atoms with Gasteiger partial charge in [0.05, 0.1) is 6.61 Å². The molecule has 0 amide bonds. The second-order valence-corrected chi connectivity index (χ2v) is 4.47. The fraction of sp³-hybridized carbons (Fsp3) is 0.333. The van der Waals surface area contributed by atoms with Gasteiger partial charge in [-0.05, 0) is 18.2 Å². The Balaban J connectivity index is 1.84. The second kappa shape index (κ2) is 5.06. The molecule has 1 aromatic heterocycles. The standard InChI is InChI=1S/C12H12ClN3O2/c13-9-3-1-2-8(6-9)12-15-11(16-18-12)10-7-14-4-5-17-10/h1-3,6,10,14H,4-5,7H2. The summed E-state index contributed by atoms with van der Waals surface area (Å²) in [6, 6.07) is 7.32. The smallest absolute Gasteiger partial charge is 0.258 e. The highest BCUT2D eigenvalue weighted by Crippen LogP contribution is 2.23. The van der Waals surface area contributed by atoms with Crippen molar-refractivity contribution in [1.29, 1.82) is 0 Å². The zero-order valence-corrected chi connectivity index (χ0v) is 10.4. The van der Waals surface area contributed by atoms with Crippen molar-refractivity contribution in [2.24, 2.45) is 0 Å². The molecule has 0 aliphatic carbocycles. The van der Waals surface area contributed by atoms with Crippen molar-refractivity contribution in [3.8, 4) is 11.5 Å². The molecule has 3 rings (SSSR count). The van der Waals surface area contributed by atoms with Gasteiger partial charge >= 0.3 is 0 Å². The molecule has 5 nitrogen and oxygen atoms in total. The molecule has 0 saturated carbocycles. The maximum absolute atomic E-state index is 5.93. The molecule has 1 fully saturated rings. The van der Waals surface area contributed by atoms with Crippen LogP contribution in [0.5, 0.6) is 0 Å². The SMILES string of the molecule is Clc1cccc(-c2nc(C3CNCCO3)no2)c1. The van der Waals surface area contributed by atoms with Crippen LogP contribution in [0, 0.1) is 0 Å². The van der Waals surface area contributed by atoms with Crippen molar-refractivity contribution >= 4 is 11.6 Å². The molecule has 1 aliphatic heterocycles. The van der Waals surface area contributed by atoms with E-state index in [2.05, 4.69) is 15.5 Å². The van der Waals surface area contributed by atoms with E-state index in [1.165, 1.54) is 0 Å². The monoisotopic (exact) mass is 265 g/mol. The molecule has 94 valence electrons. The molecule has 6 heteroatoms. The number of halogens is 1. The summed E-state index contributed by atoms with van der Waals surface area (Å²) >= 11 is 5.93. The molecule has 0 radical (unpaired) electrons. The van der Waals surface area contributed by atoms with E-state index < -0.39 is 0 Å². The van der Waals surface area contributed by atoms with Gasteiger partial charge in [-0.2, -0.15) is 4.98 Å².